The first kappa shape index (κ1) is 13.9. The number of benzene rings is 1. The first-order valence-electron chi connectivity index (χ1n) is 8.25. The smallest absolute Gasteiger partial charge is 0.119 e. The molecule has 1 heterocycles. The molecule has 1 saturated heterocycles. The zero-order valence-corrected chi connectivity index (χ0v) is 12.7. The number of rotatable bonds is 3. The zero-order chi connectivity index (χ0) is 13.8. The van der Waals surface area contributed by atoms with Crippen molar-refractivity contribution in [2.75, 3.05) is 20.2 Å². The summed E-state index contributed by atoms with van der Waals surface area (Å²) in [5.41, 5.74) is 1.47. The fraction of sp³-hybridized carbons (Fsp3) is 0.667. The van der Waals surface area contributed by atoms with Gasteiger partial charge in [-0.3, -0.25) is 0 Å². The van der Waals surface area contributed by atoms with Crippen LogP contribution in [0.1, 0.15) is 56.4 Å². The highest BCUT2D eigenvalue weighted by Crippen LogP contribution is 2.36. The minimum Gasteiger partial charge on any atom is -0.497 e. The van der Waals surface area contributed by atoms with Gasteiger partial charge in [-0.15, -0.1) is 0 Å². The molecule has 3 rings (SSSR count). The Balaban J connectivity index is 1.57. The van der Waals surface area contributed by atoms with Gasteiger partial charge in [0.25, 0.3) is 0 Å². The maximum absolute atomic E-state index is 5.35. The summed E-state index contributed by atoms with van der Waals surface area (Å²) >= 11 is 0. The van der Waals surface area contributed by atoms with E-state index in [1.54, 1.807) is 7.11 Å². The van der Waals surface area contributed by atoms with E-state index in [-0.39, 0.29) is 0 Å². The van der Waals surface area contributed by atoms with Crippen LogP contribution in [-0.4, -0.2) is 31.1 Å². The van der Waals surface area contributed by atoms with E-state index in [9.17, 15) is 0 Å². The molecule has 0 aromatic heterocycles. The van der Waals surface area contributed by atoms with Crippen LogP contribution in [0.25, 0.3) is 0 Å². The standard InChI is InChI=1S/C18H27NO/c1-20-18-7-5-6-16(14-18)15-8-10-17(11-9-15)19-12-3-2-4-13-19/h5-7,14-15,17H,2-4,8-13H2,1H3. The molecule has 0 N–H and O–H groups in total. The predicted octanol–water partition coefficient (Wildman–Crippen LogP) is 4.21. The van der Waals surface area contributed by atoms with E-state index >= 15 is 0 Å². The van der Waals surface area contributed by atoms with Gasteiger partial charge in [-0.2, -0.15) is 0 Å². The van der Waals surface area contributed by atoms with Crippen molar-refractivity contribution in [1.82, 2.24) is 4.90 Å². The molecule has 0 bridgehead atoms. The average Bonchev–Trinajstić information content (AvgIpc) is 2.56. The fourth-order valence-electron chi connectivity index (χ4n) is 3.95. The number of nitrogens with zero attached hydrogens (tertiary/aromatic N) is 1. The molecular formula is C18H27NO. The van der Waals surface area contributed by atoms with E-state index in [1.807, 2.05) is 6.07 Å². The fourth-order valence-corrected chi connectivity index (χ4v) is 3.95. The van der Waals surface area contributed by atoms with Crippen LogP contribution in [0.15, 0.2) is 24.3 Å². The highest BCUT2D eigenvalue weighted by Gasteiger charge is 2.27. The molecule has 20 heavy (non-hydrogen) atoms. The summed E-state index contributed by atoms with van der Waals surface area (Å²) < 4.78 is 5.35. The minimum absolute atomic E-state index is 0.742. The SMILES string of the molecule is COc1cccc(C2CCC(N3CCCCC3)CC2)c1. The van der Waals surface area contributed by atoms with Crippen molar-refractivity contribution in [2.45, 2.75) is 56.9 Å². The maximum atomic E-state index is 5.35. The average molecular weight is 273 g/mol. The van der Waals surface area contributed by atoms with Crippen molar-refractivity contribution in [2.24, 2.45) is 0 Å². The van der Waals surface area contributed by atoms with E-state index in [2.05, 4.69) is 23.1 Å². The number of hydrogen-bond acceptors (Lipinski definition) is 2. The van der Waals surface area contributed by atoms with Crippen LogP contribution in [-0.2, 0) is 0 Å². The van der Waals surface area contributed by atoms with Crippen molar-refractivity contribution >= 4 is 0 Å². The van der Waals surface area contributed by atoms with Crippen molar-refractivity contribution in [3.05, 3.63) is 29.8 Å². The van der Waals surface area contributed by atoms with Crippen LogP contribution < -0.4 is 4.74 Å². The lowest BCUT2D eigenvalue weighted by Crippen LogP contribution is -2.41. The summed E-state index contributed by atoms with van der Waals surface area (Å²) in [6.45, 7) is 2.68. The summed E-state index contributed by atoms with van der Waals surface area (Å²) in [6, 6.07) is 9.53. The lowest BCUT2D eigenvalue weighted by atomic mass is 9.81. The monoisotopic (exact) mass is 273 g/mol. The maximum Gasteiger partial charge on any atom is 0.119 e. The third-order valence-electron chi connectivity index (χ3n) is 5.17. The molecule has 2 fully saturated rings. The second kappa shape index (κ2) is 6.62. The van der Waals surface area contributed by atoms with Crippen molar-refractivity contribution in [3.8, 4) is 5.75 Å². The molecule has 2 heteroatoms. The van der Waals surface area contributed by atoms with E-state index in [4.69, 9.17) is 4.74 Å². The van der Waals surface area contributed by atoms with Gasteiger partial charge < -0.3 is 9.64 Å². The predicted molar refractivity (Wildman–Crippen MR) is 83.4 cm³/mol. The topological polar surface area (TPSA) is 12.5 Å². The van der Waals surface area contributed by atoms with E-state index in [0.717, 1.165) is 17.7 Å². The van der Waals surface area contributed by atoms with E-state index in [1.165, 1.54) is 63.6 Å². The molecule has 0 unspecified atom stereocenters. The molecule has 1 aliphatic carbocycles. The highest BCUT2D eigenvalue weighted by atomic mass is 16.5. The molecule has 2 nitrogen and oxygen atoms in total. The second-order valence-corrected chi connectivity index (χ2v) is 6.38. The lowest BCUT2D eigenvalue weighted by molar-refractivity contribution is 0.125. The van der Waals surface area contributed by atoms with Crippen molar-refractivity contribution < 1.29 is 4.74 Å². The highest BCUT2D eigenvalue weighted by molar-refractivity contribution is 5.31. The largest absolute Gasteiger partial charge is 0.497 e. The number of hydrogen-bond donors (Lipinski definition) is 0. The molecule has 1 saturated carbocycles. The molecule has 110 valence electrons. The van der Waals surface area contributed by atoms with Crippen LogP contribution in [0.5, 0.6) is 5.75 Å². The molecular weight excluding hydrogens is 246 g/mol. The Hall–Kier alpha value is -1.02. The zero-order valence-electron chi connectivity index (χ0n) is 12.7. The van der Waals surface area contributed by atoms with Crippen LogP contribution in [0.3, 0.4) is 0 Å². The van der Waals surface area contributed by atoms with Crippen LogP contribution in [0.4, 0.5) is 0 Å². The summed E-state index contributed by atoms with van der Waals surface area (Å²) in [4.78, 5) is 2.76. The summed E-state index contributed by atoms with van der Waals surface area (Å²) in [5, 5.41) is 0. The number of piperidine rings is 1. The van der Waals surface area contributed by atoms with Gasteiger partial charge in [0.1, 0.15) is 5.75 Å². The molecule has 1 aliphatic heterocycles. The Kier molecular flexibility index (Phi) is 4.62. The van der Waals surface area contributed by atoms with E-state index < -0.39 is 0 Å². The van der Waals surface area contributed by atoms with Crippen LogP contribution in [0, 0.1) is 0 Å². The number of ether oxygens (including phenoxy) is 1. The van der Waals surface area contributed by atoms with Gasteiger partial charge in [0.2, 0.25) is 0 Å². The Morgan fingerprint density at radius 3 is 2.45 bits per heavy atom. The van der Waals surface area contributed by atoms with Crippen molar-refractivity contribution in [1.29, 1.82) is 0 Å². The summed E-state index contributed by atoms with van der Waals surface area (Å²) in [5.74, 6) is 1.74. The van der Waals surface area contributed by atoms with Crippen LogP contribution >= 0.6 is 0 Å². The number of likely N-dealkylation sites (tertiary alicyclic amines) is 1. The van der Waals surface area contributed by atoms with Gasteiger partial charge in [-0.1, -0.05) is 18.6 Å². The summed E-state index contributed by atoms with van der Waals surface area (Å²) in [6.07, 6.45) is 9.70. The van der Waals surface area contributed by atoms with Crippen molar-refractivity contribution in [3.63, 3.8) is 0 Å². The van der Waals surface area contributed by atoms with Crippen LogP contribution in [0.2, 0.25) is 0 Å². The Labute approximate surface area is 123 Å². The summed E-state index contributed by atoms with van der Waals surface area (Å²) in [7, 11) is 1.76. The van der Waals surface area contributed by atoms with Gasteiger partial charge in [-0.25, -0.2) is 0 Å². The Morgan fingerprint density at radius 2 is 1.75 bits per heavy atom. The minimum atomic E-state index is 0.742. The first-order chi connectivity index (χ1) is 9.86. The lowest BCUT2D eigenvalue weighted by Gasteiger charge is -2.39. The third kappa shape index (κ3) is 3.17. The molecule has 0 radical (unpaired) electrons. The number of methoxy groups -OCH3 is 1. The quantitative estimate of drug-likeness (QED) is 0.818. The Bertz CT molecular complexity index is 417. The third-order valence-corrected chi connectivity index (χ3v) is 5.17. The normalized spacial score (nSPS) is 28.2. The molecule has 2 aliphatic rings. The molecule has 0 spiro atoms. The molecule has 1 aromatic carbocycles. The van der Waals surface area contributed by atoms with E-state index in [0.29, 0.717) is 0 Å². The molecule has 0 atom stereocenters. The first-order valence-corrected chi connectivity index (χ1v) is 8.25. The Morgan fingerprint density at radius 1 is 1.00 bits per heavy atom. The second-order valence-electron chi connectivity index (χ2n) is 6.38. The van der Waals surface area contributed by atoms with Gasteiger partial charge in [0.15, 0.2) is 0 Å². The van der Waals surface area contributed by atoms with Gasteiger partial charge in [0.05, 0.1) is 7.11 Å². The molecule has 0 amide bonds. The van der Waals surface area contributed by atoms with Gasteiger partial charge in [-0.05, 0) is 75.2 Å². The van der Waals surface area contributed by atoms with Gasteiger partial charge in [0, 0.05) is 6.04 Å². The van der Waals surface area contributed by atoms with Gasteiger partial charge >= 0.3 is 0 Å². The molecule has 1 aromatic rings.